The molecular formula is C13H8NO. The molecule has 0 aliphatic carbocycles. The molecule has 0 aliphatic rings. The highest BCUT2D eigenvalue weighted by Crippen LogP contribution is 2.22. The summed E-state index contributed by atoms with van der Waals surface area (Å²) < 4.78 is 5.30. The van der Waals surface area contributed by atoms with E-state index in [1.54, 1.807) is 12.5 Å². The van der Waals surface area contributed by atoms with Crippen molar-refractivity contribution in [2.24, 2.45) is 0 Å². The van der Waals surface area contributed by atoms with Crippen molar-refractivity contribution in [3.8, 4) is 11.3 Å². The summed E-state index contributed by atoms with van der Waals surface area (Å²) in [5.74, 6) is 0. The minimum Gasteiger partial charge on any atom is -0.464 e. The zero-order valence-electron chi connectivity index (χ0n) is 7.97. The summed E-state index contributed by atoms with van der Waals surface area (Å²) in [7, 11) is 0. The van der Waals surface area contributed by atoms with Crippen LogP contribution in [0.4, 0.5) is 0 Å². The Hall–Kier alpha value is -2.09. The number of aromatic nitrogens is 1. The number of benzene rings is 1. The van der Waals surface area contributed by atoms with Crippen LogP contribution in [-0.2, 0) is 0 Å². The quantitative estimate of drug-likeness (QED) is 0.594. The lowest BCUT2D eigenvalue weighted by Gasteiger charge is -1.99. The minimum atomic E-state index is 0.846. The van der Waals surface area contributed by atoms with Gasteiger partial charge in [0.05, 0.1) is 12.0 Å². The monoisotopic (exact) mass is 194 g/mol. The Kier molecular flexibility index (Phi) is 1.78. The van der Waals surface area contributed by atoms with E-state index in [4.69, 9.17) is 4.42 Å². The molecule has 0 atom stereocenters. The van der Waals surface area contributed by atoms with E-state index in [9.17, 15) is 0 Å². The van der Waals surface area contributed by atoms with Gasteiger partial charge in [-0.1, -0.05) is 12.1 Å². The average molecular weight is 194 g/mol. The maximum atomic E-state index is 5.30. The molecule has 3 rings (SSSR count). The summed E-state index contributed by atoms with van der Waals surface area (Å²) in [5, 5.41) is 0.995. The molecule has 0 amide bonds. The van der Waals surface area contributed by atoms with Gasteiger partial charge in [-0.05, 0) is 24.3 Å². The van der Waals surface area contributed by atoms with Crippen LogP contribution in [0.2, 0.25) is 0 Å². The molecule has 1 radical (unpaired) electrons. The van der Waals surface area contributed by atoms with Gasteiger partial charge < -0.3 is 4.42 Å². The zero-order chi connectivity index (χ0) is 10.1. The van der Waals surface area contributed by atoms with Gasteiger partial charge in [-0.3, -0.25) is 4.98 Å². The van der Waals surface area contributed by atoms with Crippen LogP contribution in [0, 0.1) is 6.07 Å². The Labute approximate surface area is 87.2 Å². The number of nitrogens with zero attached hydrogens (tertiary/aromatic N) is 1. The topological polar surface area (TPSA) is 26.0 Å². The Morgan fingerprint density at radius 2 is 2.13 bits per heavy atom. The molecule has 15 heavy (non-hydrogen) atoms. The summed E-state index contributed by atoms with van der Waals surface area (Å²) in [4.78, 5) is 4.29. The molecule has 0 N–H and O–H groups in total. The van der Waals surface area contributed by atoms with Crippen LogP contribution in [0.3, 0.4) is 0 Å². The lowest BCUT2D eigenvalue weighted by molar-refractivity contribution is 0.615. The van der Waals surface area contributed by atoms with Crippen molar-refractivity contribution in [3.63, 3.8) is 0 Å². The predicted octanol–water partition coefficient (Wildman–Crippen LogP) is 3.29. The van der Waals surface area contributed by atoms with Crippen molar-refractivity contribution in [1.82, 2.24) is 4.98 Å². The third-order valence-corrected chi connectivity index (χ3v) is 2.34. The normalized spacial score (nSPS) is 10.7. The Morgan fingerprint density at radius 3 is 3.00 bits per heavy atom. The molecule has 2 heterocycles. The van der Waals surface area contributed by atoms with Crippen molar-refractivity contribution in [2.75, 3.05) is 0 Å². The van der Waals surface area contributed by atoms with Crippen molar-refractivity contribution in [2.45, 2.75) is 0 Å². The third kappa shape index (κ3) is 1.40. The summed E-state index contributed by atoms with van der Waals surface area (Å²) >= 11 is 0. The van der Waals surface area contributed by atoms with Gasteiger partial charge >= 0.3 is 0 Å². The molecule has 0 unspecified atom stereocenters. The SMILES string of the molecule is [c]1coc2cc(-c3ccccn3)ccc12. The highest BCUT2D eigenvalue weighted by atomic mass is 16.3. The first-order chi connectivity index (χ1) is 7.43. The summed E-state index contributed by atoms with van der Waals surface area (Å²) in [6.45, 7) is 0. The molecule has 2 heteroatoms. The summed E-state index contributed by atoms with van der Waals surface area (Å²) in [6, 6.07) is 14.9. The smallest absolute Gasteiger partial charge is 0.135 e. The molecule has 2 nitrogen and oxygen atoms in total. The van der Waals surface area contributed by atoms with E-state index in [1.165, 1.54) is 0 Å². The Balaban J connectivity index is 2.19. The van der Waals surface area contributed by atoms with Crippen LogP contribution in [0.25, 0.3) is 22.2 Å². The maximum absolute atomic E-state index is 5.30. The first-order valence-electron chi connectivity index (χ1n) is 4.74. The second kappa shape index (κ2) is 3.24. The lowest BCUT2D eigenvalue weighted by atomic mass is 10.1. The molecule has 0 fully saturated rings. The van der Waals surface area contributed by atoms with Crippen LogP contribution in [0.5, 0.6) is 0 Å². The number of hydrogen-bond acceptors (Lipinski definition) is 2. The number of hydrogen-bond donors (Lipinski definition) is 0. The average Bonchev–Trinajstić information content (AvgIpc) is 2.77. The van der Waals surface area contributed by atoms with Gasteiger partial charge in [0.15, 0.2) is 0 Å². The van der Waals surface area contributed by atoms with Gasteiger partial charge in [-0.15, -0.1) is 0 Å². The van der Waals surface area contributed by atoms with Crippen LogP contribution >= 0.6 is 0 Å². The first-order valence-corrected chi connectivity index (χ1v) is 4.74. The summed E-state index contributed by atoms with van der Waals surface area (Å²) in [5.41, 5.74) is 2.86. The maximum Gasteiger partial charge on any atom is 0.135 e. The number of fused-ring (bicyclic) bond motifs is 1. The van der Waals surface area contributed by atoms with E-state index < -0.39 is 0 Å². The van der Waals surface area contributed by atoms with Gasteiger partial charge in [-0.2, -0.15) is 0 Å². The number of rotatable bonds is 1. The van der Waals surface area contributed by atoms with Crippen LogP contribution in [-0.4, -0.2) is 4.98 Å². The second-order valence-corrected chi connectivity index (χ2v) is 3.31. The van der Waals surface area contributed by atoms with E-state index in [0.717, 1.165) is 22.2 Å². The molecule has 1 aromatic carbocycles. The third-order valence-electron chi connectivity index (χ3n) is 2.34. The van der Waals surface area contributed by atoms with E-state index in [1.807, 2.05) is 36.4 Å². The highest BCUT2D eigenvalue weighted by molar-refractivity contribution is 5.81. The largest absolute Gasteiger partial charge is 0.464 e. The molecule has 2 aromatic heterocycles. The minimum absolute atomic E-state index is 0.846. The van der Waals surface area contributed by atoms with E-state index in [-0.39, 0.29) is 0 Å². The molecule has 3 aromatic rings. The van der Waals surface area contributed by atoms with Gasteiger partial charge in [0.2, 0.25) is 0 Å². The van der Waals surface area contributed by atoms with Gasteiger partial charge in [0.1, 0.15) is 5.58 Å². The standard InChI is InChI=1S/C13H8NO/c1-2-7-14-12(3-1)11-5-4-10-6-8-15-13(10)9-11/h1-5,7-9H. The van der Waals surface area contributed by atoms with Crippen molar-refractivity contribution < 1.29 is 4.42 Å². The first kappa shape index (κ1) is 8.24. The second-order valence-electron chi connectivity index (χ2n) is 3.31. The molecule has 0 saturated carbocycles. The molecule has 71 valence electrons. The number of furan rings is 1. The summed E-state index contributed by atoms with van der Waals surface area (Å²) in [6.07, 6.45) is 3.36. The van der Waals surface area contributed by atoms with Crippen molar-refractivity contribution >= 4 is 11.0 Å². The lowest BCUT2D eigenvalue weighted by Crippen LogP contribution is -1.80. The van der Waals surface area contributed by atoms with Crippen LogP contribution in [0.15, 0.2) is 53.3 Å². The van der Waals surface area contributed by atoms with Crippen molar-refractivity contribution in [3.05, 3.63) is 54.9 Å². The zero-order valence-corrected chi connectivity index (χ0v) is 7.97. The highest BCUT2D eigenvalue weighted by Gasteiger charge is 2.01. The molecule has 0 spiro atoms. The van der Waals surface area contributed by atoms with Crippen LogP contribution < -0.4 is 0 Å². The van der Waals surface area contributed by atoms with E-state index in [0.29, 0.717) is 0 Å². The fourth-order valence-electron chi connectivity index (χ4n) is 1.59. The molecule has 0 bridgehead atoms. The van der Waals surface area contributed by atoms with Gasteiger partial charge in [-0.25, -0.2) is 0 Å². The van der Waals surface area contributed by atoms with E-state index in [2.05, 4.69) is 11.1 Å². The van der Waals surface area contributed by atoms with Gasteiger partial charge in [0, 0.05) is 23.2 Å². The molecular weight excluding hydrogens is 186 g/mol. The fraction of sp³-hybridized carbons (Fsp3) is 0. The van der Waals surface area contributed by atoms with Crippen LogP contribution in [0.1, 0.15) is 0 Å². The fourth-order valence-corrected chi connectivity index (χ4v) is 1.59. The van der Waals surface area contributed by atoms with E-state index >= 15 is 0 Å². The van der Waals surface area contributed by atoms with Crippen molar-refractivity contribution in [1.29, 1.82) is 0 Å². The molecule has 0 aliphatic heterocycles. The predicted molar refractivity (Wildman–Crippen MR) is 58.3 cm³/mol. The van der Waals surface area contributed by atoms with Gasteiger partial charge in [0.25, 0.3) is 0 Å². The Bertz CT molecular complexity index is 584. The molecule has 0 saturated heterocycles. The Morgan fingerprint density at radius 1 is 1.13 bits per heavy atom. The number of pyridine rings is 1.